The second-order valence-electron chi connectivity index (χ2n) is 12.5. The molecule has 1 atom stereocenters. The normalized spacial score (nSPS) is 15.0. The summed E-state index contributed by atoms with van der Waals surface area (Å²) in [5.41, 5.74) is 0.984. The van der Waals surface area contributed by atoms with Gasteiger partial charge in [0.1, 0.15) is 17.2 Å². The van der Waals surface area contributed by atoms with E-state index in [1.807, 2.05) is 24.3 Å². The highest BCUT2D eigenvalue weighted by molar-refractivity contribution is 5.98. The van der Waals surface area contributed by atoms with Gasteiger partial charge < -0.3 is 29.7 Å². The number of methoxy groups -OCH3 is 1. The Bertz CT molecular complexity index is 1260. The van der Waals surface area contributed by atoms with Crippen molar-refractivity contribution in [1.29, 1.82) is 0 Å². The monoisotopic (exact) mass is 596 g/mol. The third kappa shape index (κ3) is 11.0. The van der Waals surface area contributed by atoms with Crippen molar-refractivity contribution >= 4 is 35.3 Å². The Morgan fingerprint density at radius 1 is 0.884 bits per heavy atom. The van der Waals surface area contributed by atoms with Gasteiger partial charge in [0, 0.05) is 44.5 Å². The number of piperazine rings is 1. The minimum atomic E-state index is -0.961. The van der Waals surface area contributed by atoms with E-state index in [1.54, 1.807) is 77.8 Å². The number of esters is 1. The first kappa shape index (κ1) is 33.5. The van der Waals surface area contributed by atoms with Crippen LogP contribution >= 0.6 is 0 Å². The van der Waals surface area contributed by atoms with Crippen LogP contribution in [0.4, 0.5) is 16.2 Å². The Kier molecular flexibility index (Phi) is 11.3. The molecule has 0 aliphatic carbocycles. The lowest BCUT2D eigenvalue weighted by molar-refractivity contribution is -0.121. The maximum atomic E-state index is 13.3. The summed E-state index contributed by atoms with van der Waals surface area (Å²) in [5.74, 6) is -0.910. The van der Waals surface area contributed by atoms with Crippen LogP contribution in [0, 0.1) is 0 Å². The maximum Gasteiger partial charge on any atom is 0.408 e. The number of rotatable bonds is 10. The van der Waals surface area contributed by atoms with Gasteiger partial charge in [-0.1, -0.05) is 12.1 Å². The van der Waals surface area contributed by atoms with Crippen LogP contribution in [0.25, 0.3) is 0 Å². The zero-order valence-electron chi connectivity index (χ0n) is 26.2. The predicted octanol–water partition coefficient (Wildman–Crippen LogP) is 4.01. The third-order valence-electron chi connectivity index (χ3n) is 6.39. The Labute approximate surface area is 253 Å². The second-order valence-corrected chi connectivity index (χ2v) is 12.5. The molecular formula is C32H44N4O7. The number of hydrogen-bond acceptors (Lipinski definition) is 8. The fraction of sp³-hybridized carbons (Fsp3) is 0.500. The van der Waals surface area contributed by atoms with E-state index in [4.69, 9.17) is 14.2 Å². The van der Waals surface area contributed by atoms with Crippen LogP contribution in [-0.4, -0.2) is 85.9 Å². The van der Waals surface area contributed by atoms with Crippen LogP contribution in [0.2, 0.25) is 0 Å². The van der Waals surface area contributed by atoms with Gasteiger partial charge in [-0.05, 0) is 83.5 Å². The van der Waals surface area contributed by atoms with Crippen molar-refractivity contribution in [3.05, 3.63) is 59.7 Å². The number of nitrogens with one attached hydrogen (secondary N) is 2. The van der Waals surface area contributed by atoms with E-state index in [2.05, 4.69) is 15.5 Å². The number of hydrogen-bond donors (Lipinski definition) is 2. The largest absolute Gasteiger partial charge is 0.456 e. The Morgan fingerprint density at radius 2 is 1.51 bits per heavy atom. The lowest BCUT2D eigenvalue weighted by Gasteiger charge is -2.34. The molecule has 2 aromatic carbocycles. The molecule has 234 valence electrons. The molecule has 1 aliphatic heterocycles. The molecular weight excluding hydrogens is 552 g/mol. The summed E-state index contributed by atoms with van der Waals surface area (Å²) in [7, 11) is 1.64. The van der Waals surface area contributed by atoms with Gasteiger partial charge in [0.25, 0.3) is 0 Å². The predicted molar refractivity (Wildman–Crippen MR) is 164 cm³/mol. The number of benzene rings is 2. The van der Waals surface area contributed by atoms with E-state index in [0.717, 1.165) is 17.8 Å². The Hall–Kier alpha value is -3.96. The number of anilines is 2. The first-order valence-electron chi connectivity index (χ1n) is 14.4. The smallest absolute Gasteiger partial charge is 0.408 e. The molecule has 1 aliphatic rings. The van der Waals surface area contributed by atoms with Crippen molar-refractivity contribution in [2.24, 2.45) is 0 Å². The van der Waals surface area contributed by atoms with Gasteiger partial charge in [-0.3, -0.25) is 14.5 Å². The van der Waals surface area contributed by atoms with Gasteiger partial charge in [0.2, 0.25) is 11.8 Å². The molecule has 11 heteroatoms. The van der Waals surface area contributed by atoms with Gasteiger partial charge in [-0.15, -0.1) is 0 Å². The molecule has 0 radical (unpaired) electrons. The SMILES string of the molecule is COCCN1CCN(c2ccc(CC(NC(=O)OC(C)(C)C)C(=O)Nc3ccc(C(=O)OC(C)(C)C)cc3)cc2)C(=O)C1. The molecule has 2 aromatic rings. The van der Waals surface area contributed by atoms with Crippen LogP contribution in [0.15, 0.2) is 48.5 Å². The van der Waals surface area contributed by atoms with E-state index < -0.39 is 35.2 Å². The van der Waals surface area contributed by atoms with Crippen molar-refractivity contribution in [2.45, 2.75) is 65.2 Å². The summed E-state index contributed by atoms with van der Waals surface area (Å²) in [6.45, 7) is 13.5. The maximum absolute atomic E-state index is 13.3. The molecule has 3 rings (SSSR count). The first-order valence-corrected chi connectivity index (χ1v) is 14.4. The fourth-order valence-corrected chi connectivity index (χ4v) is 4.37. The minimum absolute atomic E-state index is 0.0108. The third-order valence-corrected chi connectivity index (χ3v) is 6.39. The van der Waals surface area contributed by atoms with Crippen molar-refractivity contribution in [2.75, 3.05) is 50.1 Å². The topological polar surface area (TPSA) is 127 Å². The summed E-state index contributed by atoms with van der Waals surface area (Å²) >= 11 is 0. The van der Waals surface area contributed by atoms with Gasteiger partial charge in [0.15, 0.2) is 0 Å². The van der Waals surface area contributed by atoms with Gasteiger partial charge in [-0.2, -0.15) is 0 Å². The standard InChI is InChI=1S/C32H44N4O7/c1-31(2,3)42-29(39)23-10-12-24(13-11-23)33-28(38)26(34-30(40)43-32(4,5)6)20-22-8-14-25(15-9-22)36-17-16-35(18-19-41-7)21-27(36)37/h8-15,26H,16-21H2,1-7H3,(H,33,38)(H,34,40). The molecule has 0 bridgehead atoms. The van der Waals surface area contributed by atoms with Crippen molar-refractivity contribution in [1.82, 2.24) is 10.2 Å². The molecule has 0 spiro atoms. The molecule has 1 fully saturated rings. The van der Waals surface area contributed by atoms with Crippen molar-refractivity contribution in [3.8, 4) is 0 Å². The average Bonchev–Trinajstić information content (AvgIpc) is 2.90. The molecule has 0 saturated carbocycles. The quantitative estimate of drug-likeness (QED) is 0.394. The highest BCUT2D eigenvalue weighted by Crippen LogP contribution is 2.20. The van der Waals surface area contributed by atoms with Crippen LogP contribution in [-0.2, 0) is 30.2 Å². The highest BCUT2D eigenvalue weighted by Gasteiger charge is 2.27. The molecule has 3 amide bonds. The Balaban J connectivity index is 1.70. The summed E-state index contributed by atoms with van der Waals surface area (Å²) in [6, 6.07) is 12.7. The van der Waals surface area contributed by atoms with Gasteiger partial charge in [0.05, 0.1) is 18.7 Å². The van der Waals surface area contributed by atoms with Crippen LogP contribution in [0.5, 0.6) is 0 Å². The second kappa shape index (κ2) is 14.5. The molecule has 1 heterocycles. The first-order chi connectivity index (χ1) is 20.1. The van der Waals surface area contributed by atoms with E-state index in [-0.39, 0.29) is 12.3 Å². The summed E-state index contributed by atoms with van der Waals surface area (Å²) in [6.07, 6.45) is -0.540. The fourth-order valence-electron chi connectivity index (χ4n) is 4.37. The average molecular weight is 597 g/mol. The molecule has 1 unspecified atom stereocenters. The zero-order valence-corrected chi connectivity index (χ0v) is 26.2. The van der Waals surface area contributed by atoms with Crippen LogP contribution in [0.3, 0.4) is 0 Å². The van der Waals surface area contributed by atoms with Gasteiger partial charge >= 0.3 is 12.1 Å². The van der Waals surface area contributed by atoms with E-state index in [0.29, 0.717) is 37.5 Å². The number of ether oxygens (including phenoxy) is 3. The molecule has 11 nitrogen and oxygen atoms in total. The number of nitrogens with zero attached hydrogens (tertiary/aromatic N) is 2. The summed E-state index contributed by atoms with van der Waals surface area (Å²) < 4.78 is 15.9. The van der Waals surface area contributed by atoms with Crippen LogP contribution < -0.4 is 15.5 Å². The number of alkyl carbamates (subject to hydrolysis) is 1. The zero-order chi connectivity index (χ0) is 31.8. The lowest BCUT2D eigenvalue weighted by atomic mass is 10.0. The number of carbonyl (C=O) groups is 4. The number of amides is 3. The van der Waals surface area contributed by atoms with E-state index >= 15 is 0 Å². The van der Waals surface area contributed by atoms with Crippen molar-refractivity contribution in [3.63, 3.8) is 0 Å². The Morgan fingerprint density at radius 3 is 2.07 bits per heavy atom. The minimum Gasteiger partial charge on any atom is -0.456 e. The summed E-state index contributed by atoms with van der Waals surface area (Å²) in [4.78, 5) is 54.9. The molecule has 0 aromatic heterocycles. The van der Waals surface area contributed by atoms with E-state index in [1.165, 1.54) is 0 Å². The van der Waals surface area contributed by atoms with Crippen molar-refractivity contribution < 1.29 is 33.4 Å². The number of carbonyl (C=O) groups excluding carboxylic acids is 4. The summed E-state index contributed by atoms with van der Waals surface area (Å²) in [5, 5.41) is 5.48. The van der Waals surface area contributed by atoms with Crippen LogP contribution in [0.1, 0.15) is 57.5 Å². The molecule has 43 heavy (non-hydrogen) atoms. The van der Waals surface area contributed by atoms with E-state index in [9.17, 15) is 19.2 Å². The van der Waals surface area contributed by atoms with Gasteiger partial charge in [-0.25, -0.2) is 9.59 Å². The highest BCUT2D eigenvalue weighted by atomic mass is 16.6. The molecule has 2 N–H and O–H groups in total. The molecule has 1 saturated heterocycles. The lowest BCUT2D eigenvalue weighted by Crippen LogP contribution is -2.51.